The summed E-state index contributed by atoms with van der Waals surface area (Å²) >= 11 is 3.80. The first-order chi connectivity index (χ1) is 16.7. The lowest BCUT2D eigenvalue weighted by Gasteiger charge is -2.40. The Morgan fingerprint density at radius 1 is 1.29 bits per heavy atom. The van der Waals surface area contributed by atoms with Crippen molar-refractivity contribution in [1.29, 1.82) is 0 Å². The first-order valence-electron chi connectivity index (χ1n) is 12.7. The largest absolute Gasteiger partial charge is 0.464 e. The number of benzene rings is 1. The number of hydrogen-bond acceptors (Lipinski definition) is 4. The van der Waals surface area contributed by atoms with Gasteiger partial charge >= 0.3 is 0 Å². The van der Waals surface area contributed by atoms with Crippen LogP contribution in [0.15, 0.2) is 28.9 Å². The Hall–Kier alpha value is -2.12. The molecule has 3 unspecified atom stereocenters. The molecule has 35 heavy (non-hydrogen) atoms. The van der Waals surface area contributed by atoms with Gasteiger partial charge < -0.3 is 14.2 Å². The van der Waals surface area contributed by atoms with Crippen molar-refractivity contribution in [3.8, 4) is 0 Å². The van der Waals surface area contributed by atoms with Crippen molar-refractivity contribution < 1.29 is 14.3 Å². The number of fused-ring (bicyclic) bond motifs is 2. The van der Waals surface area contributed by atoms with Gasteiger partial charge in [-0.2, -0.15) is 0 Å². The summed E-state index contributed by atoms with van der Waals surface area (Å²) in [6, 6.07) is 6.87. The molecule has 1 aliphatic heterocycles. The van der Waals surface area contributed by atoms with Gasteiger partial charge in [0.05, 0.1) is 10.5 Å². The number of rotatable bonds is 6. The van der Waals surface area contributed by atoms with Gasteiger partial charge in [0.2, 0.25) is 5.91 Å². The van der Waals surface area contributed by atoms with Crippen LogP contribution < -0.4 is 0 Å². The SMILES string of the molecule is CC(OC=O)C1(C)CC1.CCN(CC)C(=O)C1C=C2c3cccc4c3c(c(Br)n4C)CC2N(C)C1. The molecule has 0 saturated heterocycles. The average molecular weight is 545 g/mol. The average Bonchev–Trinajstić information content (AvgIpc) is 3.57. The van der Waals surface area contributed by atoms with E-state index in [1.807, 2.05) is 11.8 Å². The summed E-state index contributed by atoms with van der Waals surface area (Å²) in [6.07, 6.45) is 5.74. The van der Waals surface area contributed by atoms with Gasteiger partial charge in [0.25, 0.3) is 6.47 Å². The van der Waals surface area contributed by atoms with Crippen LogP contribution in [0.5, 0.6) is 0 Å². The van der Waals surface area contributed by atoms with E-state index in [-0.39, 0.29) is 17.9 Å². The zero-order valence-corrected chi connectivity index (χ0v) is 23.4. The third-order valence-electron chi connectivity index (χ3n) is 8.39. The minimum absolute atomic E-state index is 0.0601. The highest BCUT2D eigenvalue weighted by Gasteiger charge is 2.44. The lowest BCUT2D eigenvalue weighted by Crippen LogP contribution is -2.47. The maximum Gasteiger partial charge on any atom is 0.293 e. The van der Waals surface area contributed by atoms with Crippen LogP contribution in [0.3, 0.4) is 0 Å². The third kappa shape index (κ3) is 4.69. The standard InChI is InChI=1S/C21H26BrN3O.C7H12O2/c1-5-25(6-2)21(26)13-10-15-14-8-7-9-17-19(14)16(20(22)24(17)4)11-18(15)23(3)12-13;1-6(9-5-8)7(2)3-4-7/h7-10,13,18H,5-6,11-12H2,1-4H3;5-6H,3-4H2,1-2H3. The number of amides is 1. The van der Waals surface area contributed by atoms with E-state index in [1.165, 1.54) is 45.0 Å². The molecule has 1 aromatic heterocycles. The molecule has 2 heterocycles. The molecule has 3 atom stereocenters. The van der Waals surface area contributed by atoms with E-state index in [0.29, 0.717) is 17.9 Å². The first-order valence-corrected chi connectivity index (χ1v) is 13.5. The Bertz CT molecular complexity index is 1150. The van der Waals surface area contributed by atoms with E-state index in [4.69, 9.17) is 4.74 Å². The Kier molecular flexibility index (Phi) is 7.49. The number of halogens is 1. The van der Waals surface area contributed by atoms with Crippen LogP contribution in [0.1, 0.15) is 51.7 Å². The van der Waals surface area contributed by atoms with Crippen LogP contribution >= 0.6 is 15.9 Å². The van der Waals surface area contributed by atoms with E-state index >= 15 is 0 Å². The van der Waals surface area contributed by atoms with Crippen molar-refractivity contribution in [2.45, 2.75) is 59.1 Å². The van der Waals surface area contributed by atoms with Gasteiger partial charge in [-0.25, -0.2) is 0 Å². The summed E-state index contributed by atoms with van der Waals surface area (Å²) in [5.74, 6) is 0.190. The van der Waals surface area contributed by atoms with Crippen LogP contribution in [0, 0.1) is 11.3 Å². The predicted octanol–water partition coefficient (Wildman–Crippen LogP) is 5.03. The summed E-state index contributed by atoms with van der Waals surface area (Å²) in [5, 5.41) is 1.34. The Morgan fingerprint density at radius 3 is 2.57 bits per heavy atom. The van der Waals surface area contributed by atoms with Crippen molar-refractivity contribution in [2.75, 3.05) is 26.7 Å². The van der Waals surface area contributed by atoms with Gasteiger partial charge in [-0.1, -0.05) is 25.1 Å². The summed E-state index contributed by atoms with van der Waals surface area (Å²) in [6.45, 7) is 11.1. The summed E-state index contributed by atoms with van der Waals surface area (Å²) in [4.78, 5) is 27.1. The second-order valence-electron chi connectivity index (χ2n) is 10.5. The van der Waals surface area contributed by atoms with Gasteiger partial charge in [-0.15, -0.1) is 0 Å². The molecule has 1 aromatic carbocycles. The van der Waals surface area contributed by atoms with E-state index in [2.05, 4.69) is 84.5 Å². The Labute approximate surface area is 217 Å². The fourth-order valence-electron chi connectivity index (χ4n) is 5.53. The fourth-order valence-corrected chi connectivity index (χ4v) is 6.08. The highest BCUT2D eigenvalue weighted by atomic mass is 79.9. The van der Waals surface area contributed by atoms with Gasteiger partial charge in [-0.3, -0.25) is 14.5 Å². The molecule has 2 aromatic rings. The predicted molar refractivity (Wildman–Crippen MR) is 144 cm³/mol. The van der Waals surface area contributed by atoms with Crippen LogP contribution in [0.2, 0.25) is 0 Å². The number of carbonyl (C=O) groups is 2. The maximum atomic E-state index is 13.0. The van der Waals surface area contributed by atoms with E-state index in [9.17, 15) is 9.59 Å². The van der Waals surface area contributed by atoms with Crippen molar-refractivity contribution in [3.63, 3.8) is 0 Å². The van der Waals surface area contributed by atoms with E-state index in [0.717, 1.165) is 26.1 Å². The lowest BCUT2D eigenvalue weighted by atomic mass is 9.79. The molecular weight excluding hydrogens is 506 g/mol. The number of hydrogen-bond donors (Lipinski definition) is 0. The van der Waals surface area contributed by atoms with Gasteiger partial charge in [0.1, 0.15) is 6.10 Å². The van der Waals surface area contributed by atoms with Crippen molar-refractivity contribution in [2.24, 2.45) is 18.4 Å². The highest BCUT2D eigenvalue weighted by Crippen LogP contribution is 2.49. The highest BCUT2D eigenvalue weighted by molar-refractivity contribution is 9.10. The van der Waals surface area contributed by atoms with Gasteiger partial charge in [0, 0.05) is 49.0 Å². The Morgan fingerprint density at radius 2 is 1.97 bits per heavy atom. The first kappa shape index (κ1) is 26.0. The normalized spacial score (nSPS) is 22.9. The minimum atomic E-state index is -0.0601. The summed E-state index contributed by atoms with van der Waals surface area (Å²) in [7, 11) is 4.27. The van der Waals surface area contributed by atoms with Gasteiger partial charge in [-0.05, 0) is 85.8 Å². The molecule has 0 bridgehead atoms. The maximum absolute atomic E-state index is 13.0. The zero-order chi connectivity index (χ0) is 25.5. The molecule has 190 valence electrons. The second-order valence-corrected chi connectivity index (χ2v) is 11.2. The zero-order valence-electron chi connectivity index (χ0n) is 21.8. The number of carbonyl (C=O) groups excluding carboxylic acids is 2. The monoisotopic (exact) mass is 543 g/mol. The molecule has 2 aliphatic carbocycles. The molecule has 0 radical (unpaired) electrons. The molecule has 1 amide bonds. The second kappa shape index (κ2) is 10.1. The number of likely N-dealkylation sites (N-methyl/N-ethyl adjacent to an activating group) is 1. The van der Waals surface area contributed by atoms with E-state index in [1.54, 1.807) is 0 Å². The smallest absolute Gasteiger partial charge is 0.293 e. The van der Waals surface area contributed by atoms with Crippen LogP contribution in [0.25, 0.3) is 16.5 Å². The lowest BCUT2D eigenvalue weighted by molar-refractivity contribution is -0.136. The molecule has 5 rings (SSSR count). The number of ether oxygens (including phenoxy) is 1. The fraction of sp³-hybridized carbons (Fsp3) is 0.571. The van der Waals surface area contributed by atoms with Crippen LogP contribution in [0.4, 0.5) is 0 Å². The third-order valence-corrected chi connectivity index (χ3v) is 9.40. The molecule has 1 fully saturated rings. The number of nitrogens with zero attached hydrogens (tertiary/aromatic N) is 3. The molecule has 6 nitrogen and oxygen atoms in total. The molecule has 1 saturated carbocycles. The van der Waals surface area contributed by atoms with Gasteiger partial charge in [0.15, 0.2) is 0 Å². The Balaban J connectivity index is 0.000000271. The van der Waals surface area contributed by atoms with E-state index < -0.39 is 0 Å². The molecule has 0 N–H and O–H groups in total. The number of aryl methyl sites for hydroxylation is 1. The van der Waals surface area contributed by atoms with Crippen molar-refractivity contribution in [1.82, 2.24) is 14.4 Å². The van der Waals surface area contributed by atoms with Crippen molar-refractivity contribution >= 4 is 44.8 Å². The van der Waals surface area contributed by atoms with Crippen LogP contribution in [-0.4, -0.2) is 65.6 Å². The molecule has 7 heteroatoms. The molecule has 3 aliphatic rings. The van der Waals surface area contributed by atoms with Crippen molar-refractivity contribution in [3.05, 3.63) is 40.0 Å². The minimum Gasteiger partial charge on any atom is -0.464 e. The summed E-state index contributed by atoms with van der Waals surface area (Å²) < 4.78 is 8.19. The topological polar surface area (TPSA) is 54.8 Å². The van der Waals surface area contributed by atoms with Crippen LogP contribution in [-0.2, 0) is 27.8 Å². The summed E-state index contributed by atoms with van der Waals surface area (Å²) in [5.41, 5.74) is 5.56. The molecular formula is C28H38BrN3O3. The molecule has 0 spiro atoms. The number of aromatic nitrogens is 1. The quantitative estimate of drug-likeness (QED) is 0.479.